The maximum Gasteiger partial charge on any atom is 0.261 e. The van der Waals surface area contributed by atoms with Gasteiger partial charge in [-0.05, 0) is 45.3 Å². The average molecular weight is 298 g/mol. The van der Waals surface area contributed by atoms with Crippen LogP contribution in [0.2, 0.25) is 0 Å². The molecule has 0 saturated carbocycles. The summed E-state index contributed by atoms with van der Waals surface area (Å²) < 4.78 is 13.1. The highest BCUT2D eigenvalue weighted by Gasteiger charge is 2.10. The third-order valence-electron chi connectivity index (χ3n) is 2.66. The molecule has 0 unspecified atom stereocenters. The molecule has 1 aromatic carbocycles. The molecule has 0 saturated heterocycles. The molecule has 1 N–H and O–H groups in total. The zero-order valence-corrected chi connectivity index (χ0v) is 13.3. The topological polar surface area (TPSA) is 50.8 Å². The summed E-state index contributed by atoms with van der Waals surface area (Å²) in [5.41, 5.74) is 0.558. The van der Waals surface area contributed by atoms with Gasteiger partial charge in [0.25, 0.3) is 5.91 Å². The van der Waals surface area contributed by atoms with E-state index >= 15 is 0 Å². The minimum atomic E-state index is -0.124. The number of carbonyl (C=O) groups is 1. The van der Waals surface area contributed by atoms with Crippen molar-refractivity contribution in [1.82, 2.24) is 9.62 Å². The second-order valence-electron chi connectivity index (χ2n) is 4.51. The molecule has 112 valence electrons. The molecular weight excluding hydrogens is 276 g/mol. The normalized spacial score (nSPS) is 10.4. The van der Waals surface area contributed by atoms with E-state index in [1.807, 2.05) is 14.1 Å². The third kappa shape index (κ3) is 5.30. The van der Waals surface area contributed by atoms with E-state index in [-0.39, 0.29) is 5.91 Å². The molecule has 0 radical (unpaired) electrons. The van der Waals surface area contributed by atoms with Gasteiger partial charge in [0.2, 0.25) is 0 Å². The summed E-state index contributed by atoms with van der Waals surface area (Å²) in [6, 6.07) is 5.12. The molecular formula is C14H22N2O3S. The lowest BCUT2D eigenvalue weighted by molar-refractivity contribution is 0.0984. The number of nitrogens with zero attached hydrogens (tertiary/aromatic N) is 1. The average Bonchev–Trinajstić information content (AvgIpc) is 2.45. The van der Waals surface area contributed by atoms with E-state index in [1.165, 1.54) is 11.9 Å². The SMILES string of the molecule is COc1ccc(C(=O)NSCCCN(C)C)cc1OC. The van der Waals surface area contributed by atoms with Crippen LogP contribution in [0.5, 0.6) is 11.5 Å². The first-order valence-corrected chi connectivity index (χ1v) is 7.36. The van der Waals surface area contributed by atoms with Gasteiger partial charge in [-0.15, -0.1) is 0 Å². The molecule has 0 heterocycles. The van der Waals surface area contributed by atoms with Crippen LogP contribution in [-0.2, 0) is 0 Å². The van der Waals surface area contributed by atoms with Gasteiger partial charge in [-0.25, -0.2) is 0 Å². The predicted molar refractivity (Wildman–Crippen MR) is 82.6 cm³/mol. The Morgan fingerprint density at radius 3 is 2.55 bits per heavy atom. The van der Waals surface area contributed by atoms with Crippen molar-refractivity contribution in [2.45, 2.75) is 6.42 Å². The molecule has 0 aliphatic heterocycles. The Hall–Kier alpha value is -1.40. The molecule has 1 aromatic rings. The van der Waals surface area contributed by atoms with E-state index < -0.39 is 0 Å². The molecule has 1 amide bonds. The highest BCUT2D eigenvalue weighted by molar-refractivity contribution is 7.97. The number of nitrogens with one attached hydrogen (secondary N) is 1. The first-order chi connectivity index (χ1) is 9.58. The number of benzene rings is 1. The number of ether oxygens (including phenoxy) is 2. The highest BCUT2D eigenvalue weighted by Crippen LogP contribution is 2.27. The van der Waals surface area contributed by atoms with Crippen molar-refractivity contribution in [1.29, 1.82) is 0 Å². The van der Waals surface area contributed by atoms with E-state index in [1.54, 1.807) is 32.4 Å². The van der Waals surface area contributed by atoms with Gasteiger partial charge in [0.15, 0.2) is 11.5 Å². The molecule has 0 aliphatic rings. The molecule has 0 fully saturated rings. The molecule has 6 heteroatoms. The van der Waals surface area contributed by atoms with Gasteiger partial charge in [0.1, 0.15) is 0 Å². The largest absolute Gasteiger partial charge is 0.493 e. The quantitative estimate of drug-likeness (QED) is 0.588. The molecule has 5 nitrogen and oxygen atoms in total. The van der Waals surface area contributed by atoms with Crippen LogP contribution in [0.25, 0.3) is 0 Å². The summed E-state index contributed by atoms with van der Waals surface area (Å²) in [5, 5.41) is 0. The number of hydrogen-bond donors (Lipinski definition) is 1. The summed E-state index contributed by atoms with van der Waals surface area (Å²) in [4.78, 5) is 14.1. The molecule has 0 bridgehead atoms. The van der Waals surface area contributed by atoms with Crippen molar-refractivity contribution in [3.8, 4) is 11.5 Å². The second-order valence-corrected chi connectivity index (χ2v) is 5.41. The van der Waals surface area contributed by atoms with Crippen LogP contribution < -0.4 is 14.2 Å². The Morgan fingerprint density at radius 1 is 1.25 bits per heavy atom. The van der Waals surface area contributed by atoms with Gasteiger partial charge in [-0.3, -0.25) is 9.52 Å². The first-order valence-electron chi connectivity index (χ1n) is 6.37. The summed E-state index contributed by atoms with van der Waals surface area (Å²) in [6.07, 6.45) is 1.03. The van der Waals surface area contributed by atoms with Gasteiger partial charge in [-0.2, -0.15) is 0 Å². The fraction of sp³-hybridized carbons (Fsp3) is 0.500. The number of carbonyl (C=O) groups excluding carboxylic acids is 1. The van der Waals surface area contributed by atoms with Gasteiger partial charge < -0.3 is 14.4 Å². The van der Waals surface area contributed by atoms with Gasteiger partial charge in [0, 0.05) is 11.3 Å². The van der Waals surface area contributed by atoms with Crippen molar-refractivity contribution in [2.24, 2.45) is 0 Å². The van der Waals surface area contributed by atoms with Gasteiger partial charge in [-0.1, -0.05) is 11.9 Å². The first kappa shape index (κ1) is 16.7. The van der Waals surface area contributed by atoms with E-state index in [0.29, 0.717) is 17.1 Å². The fourth-order valence-corrected chi connectivity index (χ4v) is 2.23. The van der Waals surface area contributed by atoms with E-state index in [4.69, 9.17) is 9.47 Å². The Bertz CT molecular complexity index is 438. The molecule has 20 heavy (non-hydrogen) atoms. The standard InChI is InChI=1S/C14H22N2O3S/c1-16(2)8-5-9-20-15-14(17)11-6-7-12(18-3)13(10-11)19-4/h6-7,10H,5,8-9H2,1-4H3,(H,15,17). The van der Waals surface area contributed by atoms with Crippen LogP contribution in [-0.4, -0.2) is 51.4 Å². The Labute approximate surface area is 124 Å². The number of methoxy groups -OCH3 is 2. The Kier molecular flexibility index (Phi) is 7.25. The smallest absolute Gasteiger partial charge is 0.261 e. The number of amides is 1. The van der Waals surface area contributed by atoms with Crippen LogP contribution >= 0.6 is 11.9 Å². The van der Waals surface area contributed by atoms with Crippen LogP contribution in [0.15, 0.2) is 18.2 Å². The minimum absolute atomic E-state index is 0.124. The lowest BCUT2D eigenvalue weighted by Gasteiger charge is -2.10. The lowest BCUT2D eigenvalue weighted by atomic mass is 10.2. The highest BCUT2D eigenvalue weighted by atomic mass is 32.2. The Balaban J connectivity index is 2.47. The van der Waals surface area contributed by atoms with Crippen molar-refractivity contribution in [2.75, 3.05) is 40.6 Å². The van der Waals surface area contributed by atoms with E-state index in [2.05, 4.69) is 9.62 Å². The minimum Gasteiger partial charge on any atom is -0.493 e. The maximum atomic E-state index is 12.0. The maximum absolute atomic E-state index is 12.0. The second kappa shape index (κ2) is 8.71. The number of hydrogen-bond acceptors (Lipinski definition) is 5. The van der Waals surface area contributed by atoms with Crippen LogP contribution in [0, 0.1) is 0 Å². The third-order valence-corrected chi connectivity index (χ3v) is 3.48. The summed E-state index contributed by atoms with van der Waals surface area (Å²) in [7, 11) is 7.19. The Morgan fingerprint density at radius 2 is 1.95 bits per heavy atom. The van der Waals surface area contributed by atoms with Crippen molar-refractivity contribution in [3.63, 3.8) is 0 Å². The lowest BCUT2D eigenvalue weighted by Crippen LogP contribution is -2.18. The zero-order valence-electron chi connectivity index (χ0n) is 12.4. The predicted octanol–water partition coefficient (Wildman–Crippen LogP) is 2.03. The van der Waals surface area contributed by atoms with Crippen LogP contribution in [0.1, 0.15) is 16.8 Å². The van der Waals surface area contributed by atoms with Crippen LogP contribution in [0.3, 0.4) is 0 Å². The molecule has 0 atom stereocenters. The molecule has 1 rings (SSSR count). The summed E-state index contributed by atoms with van der Waals surface area (Å²) in [6.45, 7) is 1.01. The fourth-order valence-electron chi connectivity index (χ4n) is 1.61. The van der Waals surface area contributed by atoms with Crippen LogP contribution in [0.4, 0.5) is 0 Å². The van der Waals surface area contributed by atoms with Gasteiger partial charge in [0.05, 0.1) is 14.2 Å². The van der Waals surface area contributed by atoms with Gasteiger partial charge >= 0.3 is 0 Å². The van der Waals surface area contributed by atoms with Crippen molar-refractivity contribution >= 4 is 17.9 Å². The monoisotopic (exact) mass is 298 g/mol. The zero-order chi connectivity index (χ0) is 15.0. The molecule has 0 aliphatic carbocycles. The summed E-state index contributed by atoms with van der Waals surface area (Å²) >= 11 is 1.42. The molecule has 0 aromatic heterocycles. The van der Waals surface area contributed by atoms with E-state index in [9.17, 15) is 4.79 Å². The van der Waals surface area contributed by atoms with Crippen molar-refractivity contribution < 1.29 is 14.3 Å². The number of rotatable bonds is 8. The van der Waals surface area contributed by atoms with Crippen molar-refractivity contribution in [3.05, 3.63) is 23.8 Å². The van der Waals surface area contributed by atoms with E-state index in [0.717, 1.165) is 18.7 Å². The molecule has 0 spiro atoms. The summed E-state index contributed by atoms with van der Waals surface area (Å²) in [5.74, 6) is 1.93.